The fourth-order valence-electron chi connectivity index (χ4n) is 1.79. The molecule has 0 aliphatic heterocycles. The summed E-state index contributed by atoms with van der Waals surface area (Å²) in [4.78, 5) is 10.6. The lowest BCUT2D eigenvalue weighted by Crippen LogP contribution is -2.05. The normalized spacial score (nSPS) is 11.5. The third-order valence-corrected chi connectivity index (χ3v) is 3.72. The van der Waals surface area contributed by atoms with Crippen LogP contribution in [0.25, 0.3) is 0 Å². The molecule has 120 valence electrons. The van der Waals surface area contributed by atoms with E-state index in [0.717, 1.165) is 18.3 Å². The van der Waals surface area contributed by atoms with Gasteiger partial charge in [0.25, 0.3) is 0 Å². The number of carboxylic acids is 1. The van der Waals surface area contributed by atoms with Gasteiger partial charge in [-0.3, -0.25) is 5.43 Å². The highest BCUT2D eigenvalue weighted by molar-refractivity contribution is 7.85. The molecule has 0 amide bonds. The van der Waals surface area contributed by atoms with E-state index in [2.05, 4.69) is 10.5 Å². The molecule has 0 aliphatic rings. The van der Waals surface area contributed by atoms with Crippen molar-refractivity contribution in [3.8, 4) is 5.75 Å². The first kappa shape index (κ1) is 16.5. The number of benzene rings is 2. The number of phenols is 1. The Morgan fingerprint density at radius 3 is 2.57 bits per heavy atom. The average molecular weight is 335 g/mol. The van der Waals surface area contributed by atoms with Crippen molar-refractivity contribution in [3.63, 3.8) is 0 Å². The van der Waals surface area contributed by atoms with E-state index in [1.54, 1.807) is 0 Å². The summed E-state index contributed by atoms with van der Waals surface area (Å²) in [5.41, 5.74) is 2.37. The van der Waals surface area contributed by atoms with Crippen molar-refractivity contribution in [2.24, 2.45) is 5.10 Å². The fraction of sp³-hybridized carbons (Fsp3) is 0. The molecule has 0 saturated carbocycles. The molecular weight excluding hydrogens is 324 g/mol. The topological polar surface area (TPSA) is 139 Å². The standard InChI is InChI=1S/C14H12N2O6S/c17-10-5-6-12(11(7-10)14(18)19)16-15-8-9-3-1-2-4-13(9)23(20,21)22/h1-8,16-17H,(H,18,19)(H,20,21,22)/p-1/b15-8+. The summed E-state index contributed by atoms with van der Waals surface area (Å²) in [7, 11) is -4.65. The molecule has 0 aliphatic carbocycles. The van der Waals surface area contributed by atoms with Gasteiger partial charge in [0.15, 0.2) is 0 Å². The first-order valence-corrected chi connectivity index (χ1v) is 7.60. The van der Waals surface area contributed by atoms with Gasteiger partial charge >= 0.3 is 5.97 Å². The highest BCUT2D eigenvalue weighted by atomic mass is 32.2. The lowest BCUT2D eigenvalue weighted by molar-refractivity contribution is 0.0697. The Morgan fingerprint density at radius 2 is 1.91 bits per heavy atom. The van der Waals surface area contributed by atoms with Gasteiger partial charge in [0.1, 0.15) is 15.9 Å². The van der Waals surface area contributed by atoms with E-state index >= 15 is 0 Å². The van der Waals surface area contributed by atoms with Crippen molar-refractivity contribution in [1.29, 1.82) is 0 Å². The van der Waals surface area contributed by atoms with Crippen LogP contribution in [0.4, 0.5) is 5.69 Å². The van der Waals surface area contributed by atoms with Crippen molar-refractivity contribution in [3.05, 3.63) is 53.6 Å². The molecule has 2 aromatic carbocycles. The van der Waals surface area contributed by atoms with Gasteiger partial charge in [-0.15, -0.1) is 0 Å². The quantitative estimate of drug-likeness (QED) is 0.325. The smallest absolute Gasteiger partial charge is 0.338 e. The number of carboxylic acid groups (broad SMARTS) is 1. The molecule has 0 atom stereocenters. The Kier molecular flexibility index (Phi) is 4.63. The number of nitrogens with zero attached hydrogens (tertiary/aromatic N) is 1. The predicted molar refractivity (Wildman–Crippen MR) is 80.7 cm³/mol. The summed E-state index contributed by atoms with van der Waals surface area (Å²) in [6.07, 6.45) is 1.09. The number of hydrogen-bond donors (Lipinski definition) is 3. The molecule has 0 heterocycles. The minimum Gasteiger partial charge on any atom is -0.744 e. The number of hydrogen-bond acceptors (Lipinski definition) is 7. The van der Waals surface area contributed by atoms with Crippen molar-refractivity contribution in [1.82, 2.24) is 0 Å². The molecule has 2 aromatic rings. The lowest BCUT2D eigenvalue weighted by Gasteiger charge is -2.10. The van der Waals surface area contributed by atoms with Crippen LogP contribution < -0.4 is 5.43 Å². The van der Waals surface area contributed by atoms with Crippen LogP contribution in [0.15, 0.2) is 52.5 Å². The van der Waals surface area contributed by atoms with Crippen molar-refractivity contribution in [2.45, 2.75) is 4.90 Å². The monoisotopic (exact) mass is 335 g/mol. The zero-order chi connectivity index (χ0) is 17.0. The Bertz CT molecular complexity index is 877. The van der Waals surface area contributed by atoms with Gasteiger partial charge in [0, 0.05) is 5.56 Å². The summed E-state index contributed by atoms with van der Waals surface area (Å²) >= 11 is 0. The third kappa shape index (κ3) is 4.05. The lowest BCUT2D eigenvalue weighted by atomic mass is 10.2. The molecule has 0 radical (unpaired) electrons. The summed E-state index contributed by atoms with van der Waals surface area (Å²) in [5.74, 6) is -1.50. The van der Waals surface area contributed by atoms with E-state index < -0.39 is 21.0 Å². The van der Waals surface area contributed by atoms with Gasteiger partial charge < -0.3 is 14.8 Å². The molecule has 0 unspecified atom stereocenters. The molecule has 0 fully saturated rings. The second kappa shape index (κ2) is 6.46. The number of aromatic carboxylic acids is 1. The van der Waals surface area contributed by atoms with Crippen LogP contribution in [-0.2, 0) is 10.1 Å². The minimum atomic E-state index is -4.65. The van der Waals surface area contributed by atoms with Crippen LogP contribution in [-0.4, -0.2) is 35.4 Å². The Hall–Kier alpha value is -2.91. The van der Waals surface area contributed by atoms with E-state index in [1.807, 2.05) is 0 Å². The van der Waals surface area contributed by atoms with Crippen molar-refractivity contribution < 1.29 is 28.0 Å². The second-order valence-electron chi connectivity index (χ2n) is 4.40. The number of carbonyl (C=O) groups is 1. The average Bonchev–Trinajstić information content (AvgIpc) is 2.48. The number of hydrazone groups is 1. The van der Waals surface area contributed by atoms with E-state index in [1.165, 1.54) is 30.3 Å². The van der Waals surface area contributed by atoms with Crippen LogP contribution in [0.1, 0.15) is 15.9 Å². The first-order chi connectivity index (χ1) is 10.8. The minimum absolute atomic E-state index is 0.0608. The van der Waals surface area contributed by atoms with E-state index in [4.69, 9.17) is 5.11 Å². The molecule has 23 heavy (non-hydrogen) atoms. The molecule has 0 spiro atoms. The predicted octanol–water partition coefficient (Wildman–Crippen LogP) is 1.44. The van der Waals surface area contributed by atoms with Gasteiger partial charge in [-0.1, -0.05) is 18.2 Å². The number of rotatable bonds is 5. The largest absolute Gasteiger partial charge is 0.744 e. The van der Waals surface area contributed by atoms with Gasteiger partial charge in [-0.2, -0.15) is 5.10 Å². The number of nitrogens with one attached hydrogen (secondary N) is 1. The number of aromatic hydroxyl groups is 1. The maximum atomic E-state index is 11.1. The van der Waals surface area contributed by atoms with E-state index in [9.17, 15) is 22.9 Å². The third-order valence-electron chi connectivity index (χ3n) is 2.81. The van der Waals surface area contributed by atoms with Crippen LogP contribution >= 0.6 is 0 Å². The van der Waals surface area contributed by atoms with Crippen molar-refractivity contribution in [2.75, 3.05) is 5.43 Å². The van der Waals surface area contributed by atoms with Crippen LogP contribution in [0, 0.1) is 0 Å². The highest BCUT2D eigenvalue weighted by Gasteiger charge is 2.10. The molecule has 3 N–H and O–H groups in total. The Morgan fingerprint density at radius 1 is 1.22 bits per heavy atom. The Labute approximate surface area is 131 Å². The van der Waals surface area contributed by atoms with Crippen LogP contribution in [0.3, 0.4) is 0 Å². The summed E-state index contributed by atoms with van der Waals surface area (Å²) in [6.45, 7) is 0. The molecule has 0 bridgehead atoms. The maximum absolute atomic E-state index is 11.1. The second-order valence-corrected chi connectivity index (χ2v) is 5.75. The SMILES string of the molecule is O=C(O)c1cc(O)ccc1N/N=C/c1ccccc1S(=O)(=O)[O-]. The van der Waals surface area contributed by atoms with Gasteiger partial charge in [-0.25, -0.2) is 13.2 Å². The van der Waals surface area contributed by atoms with Gasteiger partial charge in [0.05, 0.1) is 22.4 Å². The highest BCUT2D eigenvalue weighted by Crippen LogP contribution is 2.21. The zero-order valence-electron chi connectivity index (χ0n) is 11.5. The maximum Gasteiger partial charge on any atom is 0.338 e. The molecule has 0 saturated heterocycles. The zero-order valence-corrected chi connectivity index (χ0v) is 12.3. The molecular formula is C14H11N2O6S-. The van der Waals surface area contributed by atoms with E-state index in [-0.39, 0.29) is 22.6 Å². The van der Waals surface area contributed by atoms with Crippen LogP contribution in [0.5, 0.6) is 5.75 Å². The molecule has 8 nitrogen and oxygen atoms in total. The molecule has 2 rings (SSSR count). The van der Waals surface area contributed by atoms with Crippen LogP contribution in [0.2, 0.25) is 0 Å². The molecule has 0 aromatic heterocycles. The number of anilines is 1. The van der Waals surface area contributed by atoms with Gasteiger partial charge in [0.2, 0.25) is 0 Å². The van der Waals surface area contributed by atoms with Gasteiger partial charge in [-0.05, 0) is 24.3 Å². The van der Waals surface area contributed by atoms with Crippen molar-refractivity contribution >= 4 is 28.0 Å². The summed E-state index contributed by atoms with van der Waals surface area (Å²) in [6, 6.07) is 9.05. The fourth-order valence-corrected chi connectivity index (χ4v) is 2.45. The van der Waals surface area contributed by atoms with E-state index in [0.29, 0.717) is 0 Å². The summed E-state index contributed by atoms with van der Waals surface area (Å²) in [5, 5.41) is 22.1. The Balaban J connectivity index is 2.29. The molecule has 9 heteroatoms. The summed E-state index contributed by atoms with van der Waals surface area (Å²) < 4.78 is 33.4. The number of phenolic OH excluding ortho intramolecular Hbond substituents is 1. The first-order valence-electron chi connectivity index (χ1n) is 6.19.